The van der Waals surface area contributed by atoms with E-state index >= 15 is 0 Å². The molecule has 0 spiro atoms. The highest BCUT2D eigenvalue weighted by Gasteiger charge is 2.16. The lowest BCUT2D eigenvalue weighted by atomic mass is 10.0. The number of amides is 1. The Balaban J connectivity index is 2.09. The van der Waals surface area contributed by atoms with Gasteiger partial charge in [-0.25, -0.2) is 0 Å². The largest absolute Gasteiger partial charge is 0.490 e. The van der Waals surface area contributed by atoms with Crippen LogP contribution in [0.2, 0.25) is 0 Å². The highest BCUT2D eigenvalue weighted by atomic mass is 32.1. The molecule has 19 heavy (non-hydrogen) atoms. The predicted molar refractivity (Wildman–Crippen MR) is 79.5 cm³/mol. The van der Waals surface area contributed by atoms with Crippen molar-refractivity contribution >= 4 is 28.8 Å². The SMILES string of the molecule is CCC(CC(N)=S)Oc1ccc2c(c1)CCC(=O)N2. The molecule has 0 radical (unpaired) electrons. The molecule has 1 aliphatic rings. The third-order valence-electron chi connectivity index (χ3n) is 3.16. The van der Waals surface area contributed by atoms with Crippen LogP contribution in [0.4, 0.5) is 5.69 Å². The van der Waals surface area contributed by atoms with Crippen LogP contribution in [0.5, 0.6) is 5.75 Å². The Hall–Kier alpha value is -1.62. The smallest absolute Gasteiger partial charge is 0.224 e. The Kier molecular flexibility index (Phi) is 4.37. The van der Waals surface area contributed by atoms with Crippen LogP contribution in [-0.4, -0.2) is 17.0 Å². The molecule has 3 N–H and O–H groups in total. The number of hydrogen-bond acceptors (Lipinski definition) is 3. The number of thiocarbonyl (C=S) groups is 1. The summed E-state index contributed by atoms with van der Waals surface area (Å²) in [5, 5.41) is 2.85. The van der Waals surface area contributed by atoms with Crippen LogP contribution in [-0.2, 0) is 11.2 Å². The summed E-state index contributed by atoms with van der Waals surface area (Å²) < 4.78 is 5.89. The Morgan fingerprint density at radius 1 is 1.53 bits per heavy atom. The lowest BCUT2D eigenvalue weighted by molar-refractivity contribution is -0.116. The van der Waals surface area contributed by atoms with Crippen molar-refractivity contribution in [1.29, 1.82) is 0 Å². The number of nitrogens with one attached hydrogen (secondary N) is 1. The van der Waals surface area contributed by atoms with Crippen LogP contribution in [0.3, 0.4) is 0 Å². The molecule has 1 amide bonds. The van der Waals surface area contributed by atoms with E-state index in [4.69, 9.17) is 22.7 Å². The number of hydrogen-bond donors (Lipinski definition) is 2. The molecule has 1 aliphatic heterocycles. The van der Waals surface area contributed by atoms with Crippen LogP contribution < -0.4 is 15.8 Å². The Morgan fingerprint density at radius 3 is 3.00 bits per heavy atom. The number of benzene rings is 1. The molecule has 0 aliphatic carbocycles. The van der Waals surface area contributed by atoms with Gasteiger partial charge in [0.1, 0.15) is 11.9 Å². The minimum Gasteiger partial charge on any atom is -0.490 e. The van der Waals surface area contributed by atoms with Gasteiger partial charge in [0, 0.05) is 18.5 Å². The number of nitrogens with two attached hydrogens (primary N) is 1. The van der Waals surface area contributed by atoms with Crippen LogP contribution in [0, 0.1) is 0 Å². The number of ether oxygens (including phenoxy) is 1. The summed E-state index contributed by atoms with van der Waals surface area (Å²) in [6.45, 7) is 2.04. The second-order valence-electron chi connectivity index (χ2n) is 4.69. The quantitative estimate of drug-likeness (QED) is 0.812. The summed E-state index contributed by atoms with van der Waals surface area (Å²) in [6, 6.07) is 5.73. The van der Waals surface area contributed by atoms with Crippen molar-refractivity contribution in [2.75, 3.05) is 5.32 Å². The summed E-state index contributed by atoms with van der Waals surface area (Å²) in [4.78, 5) is 11.8. The zero-order valence-corrected chi connectivity index (χ0v) is 11.8. The van der Waals surface area contributed by atoms with E-state index in [1.807, 2.05) is 25.1 Å². The number of carbonyl (C=O) groups is 1. The molecule has 0 saturated heterocycles. The number of anilines is 1. The first-order valence-corrected chi connectivity index (χ1v) is 6.87. The summed E-state index contributed by atoms with van der Waals surface area (Å²) in [5.74, 6) is 0.874. The monoisotopic (exact) mass is 278 g/mol. The van der Waals surface area contributed by atoms with E-state index in [0.29, 0.717) is 17.8 Å². The van der Waals surface area contributed by atoms with E-state index < -0.39 is 0 Å². The molecule has 0 bridgehead atoms. The molecule has 4 nitrogen and oxygen atoms in total. The fourth-order valence-corrected chi connectivity index (χ4v) is 2.31. The summed E-state index contributed by atoms with van der Waals surface area (Å²) in [7, 11) is 0. The van der Waals surface area contributed by atoms with Gasteiger partial charge in [0.2, 0.25) is 5.91 Å². The van der Waals surface area contributed by atoms with Gasteiger partial charge in [0.05, 0.1) is 4.99 Å². The molecule has 1 aromatic rings. The van der Waals surface area contributed by atoms with Gasteiger partial charge in [-0.3, -0.25) is 4.79 Å². The summed E-state index contributed by atoms with van der Waals surface area (Å²) >= 11 is 4.91. The molecule has 5 heteroatoms. The van der Waals surface area contributed by atoms with Crippen LogP contribution in [0.15, 0.2) is 18.2 Å². The topological polar surface area (TPSA) is 64.3 Å². The van der Waals surface area contributed by atoms with Crippen molar-refractivity contribution in [3.63, 3.8) is 0 Å². The van der Waals surface area contributed by atoms with Crippen molar-refractivity contribution in [2.45, 2.75) is 38.7 Å². The Bertz CT molecular complexity index is 502. The number of fused-ring (bicyclic) bond motifs is 1. The van der Waals surface area contributed by atoms with Crippen molar-refractivity contribution < 1.29 is 9.53 Å². The number of rotatable bonds is 5. The van der Waals surface area contributed by atoms with Crippen molar-refractivity contribution in [2.24, 2.45) is 5.73 Å². The van der Waals surface area contributed by atoms with Gasteiger partial charge in [0.15, 0.2) is 0 Å². The van der Waals surface area contributed by atoms with Gasteiger partial charge in [-0.2, -0.15) is 0 Å². The second-order valence-corrected chi connectivity index (χ2v) is 5.21. The maximum absolute atomic E-state index is 11.3. The minimum atomic E-state index is 0.00808. The first-order chi connectivity index (χ1) is 9.08. The van der Waals surface area contributed by atoms with E-state index in [2.05, 4.69) is 5.32 Å². The lowest BCUT2D eigenvalue weighted by Gasteiger charge is -2.20. The Labute approximate surface area is 118 Å². The molecule has 1 atom stereocenters. The summed E-state index contributed by atoms with van der Waals surface area (Å²) in [6.07, 6.45) is 2.73. The third-order valence-corrected chi connectivity index (χ3v) is 3.33. The standard InChI is InChI=1S/C14H18N2O2S/c1-2-10(8-13(15)19)18-11-4-5-12-9(7-11)3-6-14(17)16-12/h4-5,7,10H,2-3,6,8H2,1H3,(H2,15,19)(H,16,17). The molecule has 2 rings (SSSR count). The molecule has 0 aromatic heterocycles. The fourth-order valence-electron chi connectivity index (χ4n) is 2.12. The first-order valence-electron chi connectivity index (χ1n) is 6.46. The minimum absolute atomic E-state index is 0.00808. The average molecular weight is 278 g/mol. The van der Waals surface area contributed by atoms with Crippen molar-refractivity contribution in [3.05, 3.63) is 23.8 Å². The maximum Gasteiger partial charge on any atom is 0.224 e. The molecule has 0 fully saturated rings. The van der Waals surface area contributed by atoms with E-state index in [1.165, 1.54) is 0 Å². The number of carbonyl (C=O) groups excluding carboxylic acids is 1. The van der Waals surface area contributed by atoms with E-state index in [0.717, 1.165) is 29.8 Å². The average Bonchev–Trinajstić information content (AvgIpc) is 2.37. The normalized spacial score (nSPS) is 15.3. The zero-order valence-electron chi connectivity index (χ0n) is 10.9. The van der Waals surface area contributed by atoms with Gasteiger partial charge in [-0.15, -0.1) is 0 Å². The zero-order chi connectivity index (χ0) is 13.8. The highest BCUT2D eigenvalue weighted by Crippen LogP contribution is 2.27. The second kappa shape index (κ2) is 6.02. The first kappa shape index (κ1) is 13.8. The lowest BCUT2D eigenvalue weighted by Crippen LogP contribution is -2.23. The van der Waals surface area contributed by atoms with Crippen molar-refractivity contribution in [3.8, 4) is 5.75 Å². The van der Waals surface area contributed by atoms with E-state index in [9.17, 15) is 4.79 Å². The van der Waals surface area contributed by atoms with E-state index in [1.54, 1.807) is 0 Å². The number of aryl methyl sites for hydroxylation is 1. The molecule has 1 aromatic carbocycles. The van der Waals surface area contributed by atoms with Crippen LogP contribution in [0.1, 0.15) is 31.7 Å². The molecule has 0 saturated carbocycles. The fraction of sp³-hybridized carbons (Fsp3) is 0.429. The van der Waals surface area contributed by atoms with E-state index in [-0.39, 0.29) is 12.0 Å². The molecule has 102 valence electrons. The third kappa shape index (κ3) is 3.67. The molecule has 1 heterocycles. The molecular formula is C14H18N2O2S. The van der Waals surface area contributed by atoms with Crippen LogP contribution in [0.25, 0.3) is 0 Å². The summed E-state index contributed by atoms with van der Waals surface area (Å²) in [5.41, 5.74) is 7.55. The molecule has 1 unspecified atom stereocenters. The maximum atomic E-state index is 11.3. The predicted octanol–water partition coefficient (Wildman–Crippen LogP) is 2.40. The van der Waals surface area contributed by atoms with Gasteiger partial charge >= 0.3 is 0 Å². The Morgan fingerprint density at radius 2 is 2.32 bits per heavy atom. The van der Waals surface area contributed by atoms with Gasteiger partial charge in [-0.05, 0) is 36.6 Å². The van der Waals surface area contributed by atoms with Gasteiger partial charge in [-0.1, -0.05) is 19.1 Å². The van der Waals surface area contributed by atoms with Gasteiger partial charge < -0.3 is 15.8 Å². The van der Waals surface area contributed by atoms with Crippen LogP contribution >= 0.6 is 12.2 Å². The van der Waals surface area contributed by atoms with Gasteiger partial charge in [0.25, 0.3) is 0 Å². The van der Waals surface area contributed by atoms with Crippen molar-refractivity contribution in [1.82, 2.24) is 0 Å². The highest BCUT2D eigenvalue weighted by molar-refractivity contribution is 7.80. The molecular weight excluding hydrogens is 260 g/mol.